The molecule has 2 aliphatic rings. The highest BCUT2D eigenvalue weighted by molar-refractivity contribution is 7.91. The second-order valence-corrected chi connectivity index (χ2v) is 11.3. The Labute approximate surface area is 177 Å². The van der Waals surface area contributed by atoms with Crippen LogP contribution in [0.1, 0.15) is 76.8 Å². The maximum absolute atomic E-state index is 13.3. The van der Waals surface area contributed by atoms with E-state index in [1.54, 1.807) is 0 Å². The lowest BCUT2D eigenvalue weighted by atomic mass is 10.0. The van der Waals surface area contributed by atoms with Crippen LogP contribution < -0.4 is 0 Å². The van der Waals surface area contributed by atoms with Crippen molar-refractivity contribution in [3.05, 3.63) is 11.9 Å². The Balaban J connectivity index is 1.76. The molecule has 29 heavy (non-hydrogen) atoms. The van der Waals surface area contributed by atoms with Gasteiger partial charge in [-0.25, -0.2) is 13.4 Å². The number of rotatable bonds is 9. The van der Waals surface area contributed by atoms with Gasteiger partial charge in [0.25, 0.3) is 0 Å². The SMILES string of the molecule is CCCCn1c(CN(C)CC2CCCCN2C)cnc1S(=O)(=O)C1CCCCC1. The van der Waals surface area contributed by atoms with Crippen molar-refractivity contribution in [2.45, 2.75) is 101 Å². The van der Waals surface area contributed by atoms with Gasteiger partial charge in [-0.05, 0) is 52.7 Å². The van der Waals surface area contributed by atoms with Crippen LogP contribution in [0.15, 0.2) is 11.4 Å². The van der Waals surface area contributed by atoms with Crippen LogP contribution >= 0.6 is 0 Å². The fourth-order valence-electron chi connectivity index (χ4n) is 4.90. The fourth-order valence-corrected chi connectivity index (χ4v) is 6.87. The second-order valence-electron chi connectivity index (χ2n) is 9.17. The molecule has 0 bridgehead atoms. The molecule has 1 aliphatic heterocycles. The lowest BCUT2D eigenvalue weighted by Crippen LogP contribution is -2.43. The minimum absolute atomic E-state index is 0.250. The summed E-state index contributed by atoms with van der Waals surface area (Å²) in [6, 6.07) is 0.589. The van der Waals surface area contributed by atoms with Crippen molar-refractivity contribution in [2.75, 3.05) is 27.2 Å². The van der Waals surface area contributed by atoms with Gasteiger partial charge >= 0.3 is 0 Å². The van der Waals surface area contributed by atoms with Crippen LogP contribution in [0.5, 0.6) is 0 Å². The molecule has 0 aromatic carbocycles. The molecule has 2 fully saturated rings. The molecule has 1 saturated heterocycles. The summed E-state index contributed by atoms with van der Waals surface area (Å²) in [4.78, 5) is 9.27. The topological polar surface area (TPSA) is 58.4 Å². The molecule has 7 heteroatoms. The van der Waals surface area contributed by atoms with E-state index in [0.29, 0.717) is 11.2 Å². The van der Waals surface area contributed by atoms with E-state index in [1.165, 1.54) is 25.8 Å². The molecule has 1 saturated carbocycles. The van der Waals surface area contributed by atoms with Crippen molar-refractivity contribution in [1.82, 2.24) is 19.4 Å². The molecule has 1 aliphatic carbocycles. The smallest absolute Gasteiger partial charge is 0.228 e. The molecule has 0 amide bonds. The summed E-state index contributed by atoms with van der Waals surface area (Å²) in [5.74, 6) is 0. The van der Waals surface area contributed by atoms with Gasteiger partial charge in [0.2, 0.25) is 15.0 Å². The van der Waals surface area contributed by atoms with Gasteiger partial charge in [0.15, 0.2) is 0 Å². The molecule has 166 valence electrons. The number of hydrogen-bond donors (Lipinski definition) is 0. The van der Waals surface area contributed by atoms with Crippen LogP contribution in [-0.2, 0) is 22.9 Å². The Morgan fingerprint density at radius 1 is 1.14 bits per heavy atom. The number of likely N-dealkylation sites (N-methyl/N-ethyl adjacent to an activating group) is 2. The number of sulfone groups is 1. The van der Waals surface area contributed by atoms with Crippen LogP contribution in [0.4, 0.5) is 0 Å². The standard InChI is InChI=1S/C22H40N4O2S/c1-4-5-15-26-20(18-24(2)17-19-11-9-10-14-25(19)3)16-23-22(26)29(27,28)21-12-7-6-8-13-21/h16,19,21H,4-15,17-18H2,1-3H3. The number of likely N-dealkylation sites (tertiary alicyclic amines) is 1. The average Bonchev–Trinajstić information content (AvgIpc) is 3.12. The van der Waals surface area contributed by atoms with E-state index in [2.05, 4.69) is 35.8 Å². The molecule has 1 aromatic heterocycles. The third-order valence-corrected chi connectivity index (χ3v) is 8.94. The van der Waals surface area contributed by atoms with Crippen molar-refractivity contribution in [3.63, 3.8) is 0 Å². The number of nitrogens with zero attached hydrogens (tertiary/aromatic N) is 4. The molecule has 1 aromatic rings. The third kappa shape index (κ3) is 5.61. The van der Waals surface area contributed by atoms with Crippen LogP contribution in [0.2, 0.25) is 0 Å². The second kappa shape index (κ2) is 10.4. The number of unbranched alkanes of at least 4 members (excludes halogenated alkanes) is 1. The Bertz CT molecular complexity index is 740. The number of aromatic nitrogens is 2. The molecule has 1 atom stereocenters. The van der Waals surface area contributed by atoms with Crippen LogP contribution in [0.25, 0.3) is 0 Å². The van der Waals surface area contributed by atoms with Gasteiger partial charge in [-0.2, -0.15) is 0 Å². The summed E-state index contributed by atoms with van der Waals surface area (Å²) in [5, 5.41) is 0.0662. The van der Waals surface area contributed by atoms with Gasteiger partial charge in [0.1, 0.15) is 0 Å². The van der Waals surface area contributed by atoms with Gasteiger partial charge in [-0.1, -0.05) is 39.0 Å². The summed E-state index contributed by atoms with van der Waals surface area (Å²) in [6.45, 7) is 5.83. The Hall–Kier alpha value is -0.920. The van der Waals surface area contributed by atoms with E-state index in [4.69, 9.17) is 0 Å². The predicted octanol–water partition coefficient (Wildman–Crippen LogP) is 3.71. The molecular weight excluding hydrogens is 384 g/mol. The number of hydrogen-bond acceptors (Lipinski definition) is 5. The summed E-state index contributed by atoms with van der Waals surface area (Å²) in [5.41, 5.74) is 1.04. The van der Waals surface area contributed by atoms with Crippen LogP contribution in [0.3, 0.4) is 0 Å². The van der Waals surface area contributed by atoms with E-state index < -0.39 is 9.84 Å². The average molecular weight is 425 g/mol. The van der Waals surface area contributed by atoms with Crippen molar-refractivity contribution in [2.24, 2.45) is 0 Å². The van der Waals surface area contributed by atoms with E-state index in [9.17, 15) is 8.42 Å². The Morgan fingerprint density at radius 2 is 1.86 bits per heavy atom. The molecule has 3 rings (SSSR count). The summed E-state index contributed by atoms with van der Waals surface area (Å²) < 4.78 is 28.7. The summed E-state index contributed by atoms with van der Waals surface area (Å²) in [6.07, 6.45) is 12.4. The van der Waals surface area contributed by atoms with Crippen molar-refractivity contribution >= 4 is 9.84 Å². The van der Waals surface area contributed by atoms with Crippen molar-refractivity contribution < 1.29 is 8.42 Å². The quantitative estimate of drug-likeness (QED) is 0.605. The van der Waals surface area contributed by atoms with Gasteiger partial charge in [-0.15, -0.1) is 0 Å². The van der Waals surface area contributed by atoms with Gasteiger partial charge in [-0.3, -0.25) is 4.90 Å². The summed E-state index contributed by atoms with van der Waals surface area (Å²) >= 11 is 0. The zero-order chi connectivity index (χ0) is 20.9. The number of imidazole rings is 1. The Kier molecular flexibility index (Phi) is 8.16. The monoisotopic (exact) mass is 424 g/mol. The first kappa shape index (κ1) is 22.8. The van der Waals surface area contributed by atoms with Gasteiger partial charge < -0.3 is 9.47 Å². The van der Waals surface area contributed by atoms with E-state index in [0.717, 1.165) is 70.3 Å². The molecule has 0 radical (unpaired) electrons. The normalized spacial score (nSPS) is 22.4. The molecule has 6 nitrogen and oxygen atoms in total. The summed E-state index contributed by atoms with van der Waals surface area (Å²) in [7, 11) is 1.02. The maximum Gasteiger partial charge on any atom is 0.228 e. The lowest BCUT2D eigenvalue weighted by molar-refractivity contribution is 0.137. The van der Waals surface area contributed by atoms with Crippen molar-refractivity contribution in [1.29, 1.82) is 0 Å². The largest absolute Gasteiger partial charge is 0.318 e. The fraction of sp³-hybridized carbons (Fsp3) is 0.864. The molecule has 2 heterocycles. The van der Waals surface area contributed by atoms with Gasteiger partial charge in [0.05, 0.1) is 17.1 Å². The van der Waals surface area contributed by atoms with Gasteiger partial charge in [0, 0.05) is 25.7 Å². The predicted molar refractivity (Wildman–Crippen MR) is 118 cm³/mol. The molecule has 1 unspecified atom stereocenters. The van der Waals surface area contributed by atoms with E-state index >= 15 is 0 Å². The maximum atomic E-state index is 13.3. The van der Waals surface area contributed by atoms with Crippen LogP contribution in [-0.4, -0.2) is 66.2 Å². The zero-order valence-corrected chi connectivity index (χ0v) is 19.5. The van der Waals surface area contributed by atoms with Crippen LogP contribution in [0, 0.1) is 0 Å². The lowest BCUT2D eigenvalue weighted by Gasteiger charge is -2.35. The minimum atomic E-state index is -3.35. The molecular formula is C22H40N4O2S. The first-order valence-corrected chi connectivity index (χ1v) is 13.1. The Morgan fingerprint density at radius 3 is 2.55 bits per heavy atom. The van der Waals surface area contributed by atoms with Crippen molar-refractivity contribution in [3.8, 4) is 0 Å². The zero-order valence-electron chi connectivity index (χ0n) is 18.6. The highest BCUT2D eigenvalue weighted by Crippen LogP contribution is 2.29. The first-order valence-electron chi connectivity index (χ1n) is 11.6. The third-order valence-electron chi connectivity index (χ3n) is 6.76. The number of piperidine rings is 1. The highest BCUT2D eigenvalue weighted by atomic mass is 32.2. The van der Waals surface area contributed by atoms with E-state index in [-0.39, 0.29) is 5.25 Å². The molecule has 0 spiro atoms. The highest BCUT2D eigenvalue weighted by Gasteiger charge is 2.33. The minimum Gasteiger partial charge on any atom is -0.318 e. The van der Waals surface area contributed by atoms with E-state index in [1.807, 2.05) is 10.8 Å². The first-order chi connectivity index (χ1) is 13.9. The molecule has 0 N–H and O–H groups in total.